The number of ketones is 1. The van der Waals surface area contributed by atoms with E-state index in [-0.39, 0.29) is 36.6 Å². The molecule has 0 aromatic heterocycles. The number of fused-ring (bicyclic) bond motifs is 1. The van der Waals surface area contributed by atoms with Gasteiger partial charge in [0.25, 0.3) is 0 Å². The van der Waals surface area contributed by atoms with E-state index in [1.807, 2.05) is 12.1 Å². The van der Waals surface area contributed by atoms with Crippen molar-refractivity contribution in [3.05, 3.63) is 34.9 Å². The zero-order valence-electron chi connectivity index (χ0n) is 14.5. The van der Waals surface area contributed by atoms with E-state index >= 15 is 0 Å². The molecule has 1 N–H and O–H groups in total. The van der Waals surface area contributed by atoms with Crippen molar-refractivity contribution >= 4 is 11.7 Å². The Labute approximate surface area is 143 Å². The summed E-state index contributed by atoms with van der Waals surface area (Å²) in [4.78, 5) is 26.3. The summed E-state index contributed by atoms with van der Waals surface area (Å²) in [5, 5.41) is 9.87. The number of hydrogen-bond acceptors (Lipinski definition) is 3. The van der Waals surface area contributed by atoms with Gasteiger partial charge in [-0.1, -0.05) is 18.6 Å². The van der Waals surface area contributed by atoms with E-state index in [1.165, 1.54) is 17.5 Å². The fourth-order valence-electron chi connectivity index (χ4n) is 3.98. The van der Waals surface area contributed by atoms with Crippen LogP contribution in [0.3, 0.4) is 0 Å². The third-order valence-corrected chi connectivity index (χ3v) is 5.54. The summed E-state index contributed by atoms with van der Waals surface area (Å²) in [6.07, 6.45) is 6.41. The first kappa shape index (κ1) is 17.2. The number of aliphatic hydroxyl groups excluding tert-OH is 1. The largest absolute Gasteiger partial charge is 0.393 e. The monoisotopic (exact) mass is 329 g/mol. The molecule has 130 valence electrons. The minimum Gasteiger partial charge on any atom is -0.393 e. The molecule has 1 fully saturated rings. The van der Waals surface area contributed by atoms with Crippen LogP contribution in [0.1, 0.15) is 60.0 Å². The maximum atomic E-state index is 12.4. The maximum Gasteiger partial charge on any atom is 0.222 e. The lowest BCUT2D eigenvalue weighted by Crippen LogP contribution is -2.34. The van der Waals surface area contributed by atoms with Gasteiger partial charge in [0, 0.05) is 37.9 Å². The zero-order valence-corrected chi connectivity index (χ0v) is 14.5. The van der Waals surface area contributed by atoms with Crippen molar-refractivity contribution in [1.82, 2.24) is 4.90 Å². The molecule has 0 spiro atoms. The van der Waals surface area contributed by atoms with Crippen LogP contribution in [0.2, 0.25) is 0 Å². The summed E-state index contributed by atoms with van der Waals surface area (Å²) in [7, 11) is 1.77. The second-order valence-electron chi connectivity index (χ2n) is 7.29. The molecule has 2 aliphatic rings. The lowest BCUT2D eigenvalue weighted by Gasteiger charge is -2.23. The van der Waals surface area contributed by atoms with E-state index in [0.29, 0.717) is 6.54 Å². The Morgan fingerprint density at radius 1 is 1.12 bits per heavy atom. The topological polar surface area (TPSA) is 57.6 Å². The zero-order chi connectivity index (χ0) is 17.1. The Balaban J connectivity index is 1.49. The molecule has 0 heterocycles. The molecular weight excluding hydrogens is 302 g/mol. The minimum absolute atomic E-state index is 0.0105. The number of carbonyl (C=O) groups excluding carboxylic acids is 2. The van der Waals surface area contributed by atoms with Crippen molar-refractivity contribution < 1.29 is 14.7 Å². The van der Waals surface area contributed by atoms with Crippen molar-refractivity contribution in [3.8, 4) is 0 Å². The molecule has 3 rings (SSSR count). The summed E-state index contributed by atoms with van der Waals surface area (Å²) in [6.45, 7) is 0.590. The number of carbonyl (C=O) groups is 2. The second-order valence-corrected chi connectivity index (χ2v) is 7.29. The molecule has 4 nitrogen and oxygen atoms in total. The molecule has 24 heavy (non-hydrogen) atoms. The van der Waals surface area contributed by atoms with Crippen molar-refractivity contribution in [3.63, 3.8) is 0 Å². The number of benzene rings is 1. The summed E-state index contributed by atoms with van der Waals surface area (Å²) in [6, 6.07) is 5.97. The van der Waals surface area contributed by atoms with Gasteiger partial charge in [0.15, 0.2) is 5.78 Å². The van der Waals surface area contributed by atoms with Crippen LogP contribution in [0, 0.1) is 5.92 Å². The van der Waals surface area contributed by atoms with Gasteiger partial charge in [-0.15, -0.1) is 0 Å². The van der Waals surface area contributed by atoms with Crippen LogP contribution >= 0.6 is 0 Å². The van der Waals surface area contributed by atoms with Gasteiger partial charge in [-0.25, -0.2) is 0 Å². The van der Waals surface area contributed by atoms with Gasteiger partial charge < -0.3 is 10.0 Å². The standard InChI is InChI=1S/C20H27NO3/c1-21(13-17-6-3-7-18(17)22)20(24)11-10-19(23)16-9-8-14-4-2-5-15(14)12-16/h8-9,12,17-18,22H,2-7,10-11,13H2,1H3. The van der Waals surface area contributed by atoms with Crippen molar-refractivity contribution in [2.45, 2.75) is 57.5 Å². The highest BCUT2D eigenvalue weighted by Crippen LogP contribution is 2.26. The average molecular weight is 329 g/mol. The van der Waals surface area contributed by atoms with Gasteiger partial charge in [0.05, 0.1) is 6.10 Å². The molecule has 2 unspecified atom stereocenters. The van der Waals surface area contributed by atoms with Crippen molar-refractivity contribution in [2.24, 2.45) is 5.92 Å². The minimum atomic E-state index is -0.284. The molecule has 1 aromatic rings. The van der Waals surface area contributed by atoms with E-state index in [9.17, 15) is 14.7 Å². The Kier molecular flexibility index (Phi) is 5.34. The molecule has 0 radical (unpaired) electrons. The quantitative estimate of drug-likeness (QED) is 0.817. The number of Topliss-reactive ketones (excluding diaryl/α,β-unsaturated/α-hetero) is 1. The van der Waals surface area contributed by atoms with E-state index in [4.69, 9.17) is 0 Å². The third kappa shape index (κ3) is 3.86. The third-order valence-electron chi connectivity index (χ3n) is 5.54. The number of amides is 1. The summed E-state index contributed by atoms with van der Waals surface area (Å²) in [5.74, 6) is 0.224. The van der Waals surface area contributed by atoms with Gasteiger partial charge in [-0.05, 0) is 49.3 Å². The first-order valence-corrected chi connectivity index (χ1v) is 9.11. The summed E-state index contributed by atoms with van der Waals surface area (Å²) >= 11 is 0. The van der Waals surface area contributed by atoms with Gasteiger partial charge in [0.1, 0.15) is 0 Å². The maximum absolute atomic E-state index is 12.4. The first-order valence-electron chi connectivity index (χ1n) is 9.11. The van der Waals surface area contributed by atoms with Crippen LogP contribution in [0.4, 0.5) is 0 Å². The highest BCUT2D eigenvalue weighted by molar-refractivity contribution is 5.98. The molecule has 0 aliphatic heterocycles. The highest BCUT2D eigenvalue weighted by atomic mass is 16.3. The molecule has 0 saturated heterocycles. The van der Waals surface area contributed by atoms with Crippen LogP contribution in [0.15, 0.2) is 18.2 Å². The number of aryl methyl sites for hydroxylation is 2. The first-order chi connectivity index (χ1) is 11.5. The van der Waals surface area contributed by atoms with Crippen molar-refractivity contribution in [1.29, 1.82) is 0 Å². The van der Waals surface area contributed by atoms with E-state index in [2.05, 4.69) is 6.07 Å². The molecule has 1 aromatic carbocycles. The number of aliphatic hydroxyl groups is 1. The van der Waals surface area contributed by atoms with Gasteiger partial charge in [-0.2, -0.15) is 0 Å². The van der Waals surface area contributed by atoms with Gasteiger partial charge >= 0.3 is 0 Å². The SMILES string of the molecule is CN(CC1CCCC1O)C(=O)CCC(=O)c1ccc2c(c1)CCC2. The van der Waals surface area contributed by atoms with E-state index in [0.717, 1.165) is 37.7 Å². The van der Waals surface area contributed by atoms with Crippen molar-refractivity contribution in [2.75, 3.05) is 13.6 Å². The normalized spacial score (nSPS) is 22.4. The molecular formula is C20H27NO3. The highest BCUT2D eigenvalue weighted by Gasteiger charge is 2.27. The molecule has 1 amide bonds. The van der Waals surface area contributed by atoms with Gasteiger partial charge in [0.2, 0.25) is 5.91 Å². The molecule has 0 bridgehead atoms. The Morgan fingerprint density at radius 2 is 1.92 bits per heavy atom. The fourth-order valence-corrected chi connectivity index (χ4v) is 3.98. The Morgan fingerprint density at radius 3 is 2.67 bits per heavy atom. The summed E-state index contributed by atoms with van der Waals surface area (Å²) < 4.78 is 0. The molecule has 4 heteroatoms. The number of rotatable bonds is 6. The lowest BCUT2D eigenvalue weighted by molar-refractivity contribution is -0.130. The van der Waals surface area contributed by atoms with Gasteiger partial charge in [-0.3, -0.25) is 9.59 Å². The van der Waals surface area contributed by atoms with Crippen LogP contribution < -0.4 is 0 Å². The fraction of sp³-hybridized carbons (Fsp3) is 0.600. The van der Waals surface area contributed by atoms with Crippen LogP contribution in [-0.4, -0.2) is 41.4 Å². The lowest BCUT2D eigenvalue weighted by atomic mass is 10.0. The molecule has 2 atom stereocenters. The van der Waals surface area contributed by atoms with E-state index in [1.54, 1.807) is 11.9 Å². The smallest absolute Gasteiger partial charge is 0.222 e. The number of nitrogens with zero attached hydrogens (tertiary/aromatic N) is 1. The Bertz CT molecular complexity index is 625. The van der Waals surface area contributed by atoms with Crippen LogP contribution in [-0.2, 0) is 17.6 Å². The predicted molar refractivity (Wildman–Crippen MR) is 93.0 cm³/mol. The average Bonchev–Trinajstić information content (AvgIpc) is 3.20. The number of hydrogen-bond donors (Lipinski definition) is 1. The Hall–Kier alpha value is -1.68. The molecule has 1 saturated carbocycles. The van der Waals surface area contributed by atoms with Crippen LogP contribution in [0.5, 0.6) is 0 Å². The predicted octanol–water partition coefficient (Wildman–Crippen LogP) is 2.76. The summed E-state index contributed by atoms with van der Waals surface area (Å²) in [5.41, 5.74) is 3.38. The molecule has 2 aliphatic carbocycles. The second kappa shape index (κ2) is 7.47. The van der Waals surface area contributed by atoms with E-state index < -0.39 is 0 Å². The van der Waals surface area contributed by atoms with Crippen LogP contribution in [0.25, 0.3) is 0 Å².